The lowest BCUT2D eigenvalue weighted by molar-refractivity contribution is 0.444. The zero-order valence-corrected chi connectivity index (χ0v) is 43.5. The van der Waals surface area contributed by atoms with Gasteiger partial charge in [0.15, 0.2) is 0 Å². The first-order valence-corrected chi connectivity index (χ1v) is 27.5. The van der Waals surface area contributed by atoms with Crippen molar-refractivity contribution in [1.82, 2.24) is 8.75 Å². The monoisotopic (exact) mass is 923 g/mol. The number of nitrogens with zero attached hydrogens (tertiary/aromatic N) is 2. The van der Waals surface area contributed by atoms with Gasteiger partial charge in [0.25, 0.3) is 0 Å². The first kappa shape index (κ1) is 52.0. The van der Waals surface area contributed by atoms with Crippen LogP contribution in [0.5, 0.6) is 5.75 Å². The van der Waals surface area contributed by atoms with Crippen molar-refractivity contribution >= 4 is 22.8 Å². The molecule has 0 aliphatic heterocycles. The lowest BCUT2D eigenvalue weighted by Gasteiger charge is -2.19. The Bertz CT molecular complexity index is 2210. The molecule has 0 spiro atoms. The molecule has 0 amide bonds. The van der Waals surface area contributed by atoms with Gasteiger partial charge in [0, 0.05) is 22.3 Å². The fourth-order valence-electron chi connectivity index (χ4n) is 10.6. The third-order valence-electron chi connectivity index (χ3n) is 15.0. The van der Waals surface area contributed by atoms with Gasteiger partial charge in [-0.05, 0) is 112 Å². The van der Waals surface area contributed by atoms with Crippen molar-refractivity contribution in [3.8, 4) is 50.3 Å². The number of hydrogen-bond acceptors (Lipinski definition) is 4. The molecule has 0 fully saturated rings. The van der Waals surface area contributed by atoms with E-state index in [1.165, 1.54) is 125 Å². The molecule has 0 saturated carbocycles. The Kier molecular flexibility index (Phi) is 20.5. The molecule has 0 saturated heterocycles. The topological polar surface area (TPSA) is 46.0 Å². The Balaban J connectivity index is 1.31. The zero-order chi connectivity index (χ0) is 47.7. The van der Waals surface area contributed by atoms with Gasteiger partial charge in [-0.1, -0.05) is 225 Å². The molecular weight excluding hydrogens is 840 g/mol. The second kappa shape index (κ2) is 26.4. The van der Waals surface area contributed by atoms with Crippen molar-refractivity contribution in [3.63, 3.8) is 0 Å². The molecule has 3 nitrogen and oxygen atoms in total. The van der Waals surface area contributed by atoms with E-state index in [-0.39, 0.29) is 11.6 Å². The van der Waals surface area contributed by atoms with Gasteiger partial charge in [-0.15, -0.1) is 0 Å². The van der Waals surface area contributed by atoms with Crippen LogP contribution in [-0.4, -0.2) is 13.9 Å². The second-order valence-electron chi connectivity index (χ2n) is 20.1. The first-order chi connectivity index (χ1) is 32.6. The fourth-order valence-corrected chi connectivity index (χ4v) is 11.2. The number of benzene rings is 5. The molecule has 5 heteroatoms. The highest BCUT2D eigenvalue weighted by molar-refractivity contribution is 7.00. The van der Waals surface area contributed by atoms with Crippen LogP contribution in [0.2, 0.25) is 0 Å². The van der Waals surface area contributed by atoms with Gasteiger partial charge < -0.3 is 5.11 Å². The number of phenols is 1. The Morgan fingerprint density at radius 1 is 0.418 bits per heavy atom. The van der Waals surface area contributed by atoms with Gasteiger partial charge in [0.2, 0.25) is 0 Å². The van der Waals surface area contributed by atoms with Crippen molar-refractivity contribution in [2.24, 2.45) is 23.7 Å². The van der Waals surface area contributed by atoms with Crippen LogP contribution in [0.3, 0.4) is 0 Å². The summed E-state index contributed by atoms with van der Waals surface area (Å²) in [6.07, 6.45) is 24.0. The highest BCUT2D eigenvalue weighted by Crippen LogP contribution is 2.41. The predicted octanol–water partition coefficient (Wildman–Crippen LogP) is 19.2. The summed E-state index contributed by atoms with van der Waals surface area (Å²) in [4.78, 5) is 0. The van der Waals surface area contributed by atoms with Gasteiger partial charge in [0.1, 0.15) is 22.6 Å². The molecule has 5 aromatic carbocycles. The molecule has 1 N–H and O–H groups in total. The first-order valence-electron chi connectivity index (χ1n) is 26.8. The number of unbranched alkanes of at least 4 members (excludes halogenated alkanes) is 4. The van der Waals surface area contributed by atoms with Crippen LogP contribution in [0.4, 0.5) is 4.39 Å². The third kappa shape index (κ3) is 14.1. The minimum absolute atomic E-state index is 0.207. The van der Waals surface area contributed by atoms with Crippen molar-refractivity contribution in [1.29, 1.82) is 0 Å². The smallest absolute Gasteiger partial charge is 0.131 e. The largest absolute Gasteiger partial charge is 0.507 e. The number of hydrogen-bond donors (Lipinski definition) is 1. The number of phenolic OH excluding ortho intramolecular Hbond substituents is 1. The summed E-state index contributed by atoms with van der Waals surface area (Å²) in [5, 5.41) is 11.8. The van der Waals surface area contributed by atoms with E-state index >= 15 is 4.39 Å². The molecule has 0 bridgehead atoms. The molecule has 6 rings (SSSR count). The summed E-state index contributed by atoms with van der Waals surface area (Å²) in [7, 11) is 0. The van der Waals surface area contributed by atoms with Crippen molar-refractivity contribution < 1.29 is 9.50 Å². The number of rotatable bonds is 28. The average molecular weight is 923 g/mol. The van der Waals surface area contributed by atoms with Gasteiger partial charge >= 0.3 is 0 Å². The maximum Gasteiger partial charge on any atom is 0.131 e. The maximum absolute atomic E-state index is 16.6. The Morgan fingerprint density at radius 3 is 1.10 bits per heavy atom. The van der Waals surface area contributed by atoms with Crippen LogP contribution in [0.15, 0.2) is 84.9 Å². The molecule has 1 aromatic heterocycles. The predicted molar refractivity (Wildman–Crippen MR) is 289 cm³/mol. The Hall–Kier alpha value is -4.35. The average Bonchev–Trinajstić information content (AvgIpc) is 3.84. The van der Waals surface area contributed by atoms with Crippen LogP contribution >= 0.6 is 11.7 Å². The van der Waals surface area contributed by atoms with Gasteiger partial charge in [-0.3, -0.25) is 0 Å². The van der Waals surface area contributed by atoms with E-state index in [9.17, 15) is 5.11 Å². The fraction of sp³-hybridized carbons (Fsp3) is 0.516. The van der Waals surface area contributed by atoms with Crippen LogP contribution in [0.25, 0.3) is 55.5 Å². The minimum Gasteiger partial charge on any atom is -0.507 e. The summed E-state index contributed by atoms with van der Waals surface area (Å²) in [5.74, 6) is 2.60. The van der Waals surface area contributed by atoms with Crippen molar-refractivity contribution in [2.45, 2.75) is 184 Å². The van der Waals surface area contributed by atoms with Gasteiger partial charge in [0.05, 0.1) is 11.7 Å². The Morgan fingerprint density at radius 2 is 0.761 bits per heavy atom. The molecule has 1 heterocycles. The molecule has 67 heavy (non-hydrogen) atoms. The summed E-state index contributed by atoms with van der Waals surface area (Å²) in [6.45, 7) is 18.4. The molecule has 360 valence electrons. The van der Waals surface area contributed by atoms with Crippen LogP contribution in [0, 0.1) is 29.5 Å². The van der Waals surface area contributed by atoms with E-state index in [0.717, 1.165) is 65.2 Å². The van der Waals surface area contributed by atoms with E-state index in [1.807, 2.05) is 30.3 Å². The molecule has 4 unspecified atom stereocenters. The second-order valence-corrected chi connectivity index (χ2v) is 20.6. The third-order valence-corrected chi connectivity index (χ3v) is 15.5. The number of aromatic nitrogens is 2. The Labute approximate surface area is 409 Å². The highest BCUT2D eigenvalue weighted by atomic mass is 32.1. The van der Waals surface area contributed by atoms with Gasteiger partial charge in [-0.2, -0.15) is 8.75 Å². The van der Waals surface area contributed by atoms with E-state index in [4.69, 9.17) is 8.75 Å². The molecule has 0 aliphatic rings. The van der Waals surface area contributed by atoms with Crippen molar-refractivity contribution in [2.75, 3.05) is 0 Å². The summed E-state index contributed by atoms with van der Waals surface area (Å²) in [5.41, 5.74) is 13.8. The summed E-state index contributed by atoms with van der Waals surface area (Å²) in [6, 6.07) is 30.0. The quantitative estimate of drug-likeness (QED) is 0.0533. The van der Waals surface area contributed by atoms with Crippen LogP contribution in [-0.2, 0) is 25.7 Å². The van der Waals surface area contributed by atoms with E-state index in [2.05, 4.69) is 104 Å². The van der Waals surface area contributed by atoms with E-state index < -0.39 is 0 Å². The molecule has 0 aliphatic carbocycles. The summed E-state index contributed by atoms with van der Waals surface area (Å²) < 4.78 is 26.1. The van der Waals surface area contributed by atoms with E-state index in [1.54, 1.807) is 6.07 Å². The molecular formula is C62H83FN2OS. The van der Waals surface area contributed by atoms with Crippen LogP contribution < -0.4 is 0 Å². The van der Waals surface area contributed by atoms with Crippen molar-refractivity contribution in [3.05, 3.63) is 113 Å². The van der Waals surface area contributed by atoms with E-state index in [0.29, 0.717) is 51.4 Å². The number of fused-ring (bicyclic) bond motifs is 1. The maximum atomic E-state index is 16.6. The SMILES string of the molecule is CCCCC(CC)Cc1cc(CC(CC)CCCC)cc(-c2ccc(-c3ccc(-c4ccc(-c5cc(CC(CC)CCCC)cc(CC(CC)CCCC)c5)cc4F)c4nsnc34)c(O)c2)c1. The van der Waals surface area contributed by atoms with Gasteiger partial charge in [-0.25, -0.2) is 4.39 Å². The number of aromatic hydroxyl groups is 1. The number of halogens is 1. The molecule has 4 atom stereocenters. The molecule has 6 aromatic rings. The van der Waals surface area contributed by atoms with Crippen LogP contribution in [0.1, 0.15) is 180 Å². The standard InChI is InChI=1S/C62H83FN2OS/c1-9-17-21-43(13-5)31-47-35-48(32-44(14-6)22-18-10-2)38-53(37-47)51-25-27-55(59(63)41-51)57-29-30-58(62-61(57)64-67-65-62)56-28-26-52(42-60(56)66)54-39-49(33-45(15-7)23-19-11-3)36-50(40-54)34-46(16-8)24-20-12-4/h25-30,35-46,66H,9-24,31-34H2,1-8H3. The summed E-state index contributed by atoms with van der Waals surface area (Å²) >= 11 is 1.13. The molecule has 0 radical (unpaired) electrons. The lowest BCUT2D eigenvalue weighted by Crippen LogP contribution is -2.07. The lowest BCUT2D eigenvalue weighted by atomic mass is 9.86. The zero-order valence-electron chi connectivity index (χ0n) is 42.7. The normalized spacial score (nSPS) is 13.6. The highest BCUT2D eigenvalue weighted by Gasteiger charge is 2.21. The minimum atomic E-state index is -0.268.